The van der Waals surface area contributed by atoms with Crippen LogP contribution in [0.1, 0.15) is 17.3 Å². The van der Waals surface area contributed by atoms with Crippen LogP contribution in [-0.2, 0) is 9.53 Å². The smallest absolute Gasteiger partial charge is 0.379 e. The molecule has 0 fully saturated rings. The van der Waals surface area contributed by atoms with Gasteiger partial charge in [0.05, 0.1) is 17.3 Å². The molecule has 0 aliphatic heterocycles. The van der Waals surface area contributed by atoms with Crippen molar-refractivity contribution in [3.63, 3.8) is 0 Å². The highest BCUT2D eigenvalue weighted by Gasteiger charge is 2.18. The minimum absolute atomic E-state index is 0.179. The quantitative estimate of drug-likeness (QED) is 0.470. The lowest BCUT2D eigenvalue weighted by Gasteiger charge is -2.15. The summed E-state index contributed by atoms with van der Waals surface area (Å²) >= 11 is 5.97. The molecule has 0 atom stereocenters. The highest BCUT2D eigenvalue weighted by Crippen LogP contribution is 2.25. The average molecular weight is 256 g/mol. The van der Waals surface area contributed by atoms with Gasteiger partial charge in [0.15, 0.2) is 0 Å². The van der Waals surface area contributed by atoms with E-state index in [2.05, 4.69) is 4.74 Å². The molecule has 0 saturated carbocycles. The standard InChI is InChI=1S/C12H14ClNO3/c1-4-17-12(16)11(15)8-5-6-9(13)10(7-8)14(2)3/h5-7H,4H2,1-3H3. The zero-order valence-electron chi connectivity index (χ0n) is 9.99. The zero-order chi connectivity index (χ0) is 13.0. The number of carbonyl (C=O) groups excluding carboxylic acids is 2. The topological polar surface area (TPSA) is 46.6 Å². The summed E-state index contributed by atoms with van der Waals surface area (Å²) in [6.07, 6.45) is 0. The van der Waals surface area contributed by atoms with Gasteiger partial charge in [-0.3, -0.25) is 4.79 Å². The lowest BCUT2D eigenvalue weighted by molar-refractivity contribution is -0.137. The summed E-state index contributed by atoms with van der Waals surface area (Å²) in [7, 11) is 3.61. The van der Waals surface area contributed by atoms with Crippen molar-refractivity contribution in [3.8, 4) is 0 Å². The van der Waals surface area contributed by atoms with E-state index >= 15 is 0 Å². The summed E-state index contributed by atoms with van der Waals surface area (Å²) < 4.78 is 4.65. The number of nitrogens with zero attached hydrogens (tertiary/aromatic N) is 1. The summed E-state index contributed by atoms with van der Waals surface area (Å²) in [6.45, 7) is 1.83. The molecule has 1 aromatic carbocycles. The first kappa shape index (κ1) is 13.5. The SMILES string of the molecule is CCOC(=O)C(=O)c1ccc(Cl)c(N(C)C)c1. The molecule has 4 nitrogen and oxygen atoms in total. The van der Waals surface area contributed by atoms with Gasteiger partial charge in [-0.2, -0.15) is 0 Å². The van der Waals surface area contributed by atoms with Crippen LogP contribution >= 0.6 is 11.6 Å². The number of ketones is 1. The van der Waals surface area contributed by atoms with Gasteiger partial charge in [0.2, 0.25) is 0 Å². The number of esters is 1. The zero-order valence-corrected chi connectivity index (χ0v) is 10.7. The van der Waals surface area contributed by atoms with Crippen LogP contribution in [0.5, 0.6) is 0 Å². The Kier molecular flexibility index (Phi) is 4.52. The third-order valence-corrected chi connectivity index (χ3v) is 2.47. The maximum atomic E-state index is 11.7. The Morgan fingerprint density at radius 2 is 2.00 bits per heavy atom. The monoisotopic (exact) mass is 255 g/mol. The molecule has 17 heavy (non-hydrogen) atoms. The van der Waals surface area contributed by atoms with Crippen LogP contribution in [0.2, 0.25) is 5.02 Å². The van der Waals surface area contributed by atoms with Crippen molar-refractivity contribution in [2.45, 2.75) is 6.92 Å². The van der Waals surface area contributed by atoms with Crippen LogP contribution in [0.25, 0.3) is 0 Å². The number of rotatable bonds is 4. The van der Waals surface area contributed by atoms with Gasteiger partial charge < -0.3 is 9.64 Å². The molecule has 92 valence electrons. The molecule has 0 saturated heterocycles. The Morgan fingerprint density at radius 1 is 1.35 bits per heavy atom. The Hall–Kier alpha value is -1.55. The fourth-order valence-electron chi connectivity index (χ4n) is 1.31. The molecule has 0 unspecified atom stereocenters. The second-order valence-corrected chi connectivity index (χ2v) is 4.02. The van der Waals surface area contributed by atoms with Crippen molar-refractivity contribution in [1.29, 1.82) is 0 Å². The first-order chi connectivity index (χ1) is 7.97. The van der Waals surface area contributed by atoms with E-state index in [0.29, 0.717) is 10.7 Å². The first-order valence-electron chi connectivity index (χ1n) is 5.15. The third kappa shape index (κ3) is 3.20. The van der Waals surface area contributed by atoms with Crippen LogP contribution in [0, 0.1) is 0 Å². The normalized spacial score (nSPS) is 9.88. The molecule has 0 aliphatic carbocycles. The predicted octanol–water partition coefficient (Wildman–Crippen LogP) is 2.15. The van der Waals surface area contributed by atoms with Crippen molar-refractivity contribution in [2.24, 2.45) is 0 Å². The van der Waals surface area contributed by atoms with Gasteiger partial charge in [0.1, 0.15) is 0 Å². The fraction of sp³-hybridized carbons (Fsp3) is 0.333. The van der Waals surface area contributed by atoms with Gasteiger partial charge in [-0.25, -0.2) is 4.79 Å². The second-order valence-electron chi connectivity index (χ2n) is 3.61. The molecule has 0 bridgehead atoms. The molecule has 0 aromatic heterocycles. The Morgan fingerprint density at radius 3 is 2.53 bits per heavy atom. The number of carbonyl (C=O) groups is 2. The molecule has 1 aromatic rings. The summed E-state index contributed by atoms with van der Waals surface area (Å²) in [6, 6.07) is 4.67. The Balaban J connectivity index is 3.03. The Labute approximate surface area is 105 Å². The summed E-state index contributed by atoms with van der Waals surface area (Å²) in [5.74, 6) is -1.51. The van der Waals surface area contributed by atoms with Gasteiger partial charge in [-0.05, 0) is 25.1 Å². The summed E-state index contributed by atoms with van der Waals surface area (Å²) in [5.41, 5.74) is 0.957. The van der Waals surface area contributed by atoms with Crippen molar-refractivity contribution < 1.29 is 14.3 Å². The molecule has 1 rings (SSSR count). The number of Topliss-reactive ketones (excluding diaryl/α,β-unsaturated/α-hetero) is 1. The summed E-state index contributed by atoms with van der Waals surface area (Å²) in [5, 5.41) is 0.524. The number of halogens is 1. The molecule has 0 radical (unpaired) electrons. The molecule has 0 amide bonds. The van der Waals surface area contributed by atoms with Crippen LogP contribution in [0.15, 0.2) is 18.2 Å². The number of hydrogen-bond acceptors (Lipinski definition) is 4. The van der Waals surface area contributed by atoms with Gasteiger partial charge in [0.25, 0.3) is 5.78 Å². The molecular weight excluding hydrogens is 242 g/mol. The number of ether oxygens (including phenoxy) is 1. The van der Waals surface area contributed by atoms with Crippen LogP contribution in [-0.4, -0.2) is 32.5 Å². The van der Waals surface area contributed by atoms with Crippen molar-refractivity contribution in [2.75, 3.05) is 25.6 Å². The third-order valence-electron chi connectivity index (χ3n) is 2.15. The minimum atomic E-state index is -0.848. The molecular formula is C12H14ClNO3. The largest absolute Gasteiger partial charge is 0.460 e. The van der Waals surface area contributed by atoms with E-state index in [9.17, 15) is 9.59 Å². The molecule has 5 heteroatoms. The van der Waals surface area contributed by atoms with Crippen molar-refractivity contribution in [1.82, 2.24) is 0 Å². The van der Waals surface area contributed by atoms with E-state index in [1.165, 1.54) is 6.07 Å². The van der Waals surface area contributed by atoms with Gasteiger partial charge in [0, 0.05) is 19.7 Å². The fourth-order valence-corrected chi connectivity index (χ4v) is 1.60. The van der Waals surface area contributed by atoms with E-state index in [0.717, 1.165) is 0 Å². The van der Waals surface area contributed by atoms with Gasteiger partial charge >= 0.3 is 5.97 Å². The molecule has 0 spiro atoms. The van der Waals surface area contributed by atoms with Crippen molar-refractivity contribution in [3.05, 3.63) is 28.8 Å². The van der Waals surface area contributed by atoms with Crippen LogP contribution in [0.4, 0.5) is 5.69 Å². The van der Waals surface area contributed by atoms with E-state index in [1.807, 2.05) is 0 Å². The molecule has 0 aliphatic rings. The Bertz CT molecular complexity index is 443. The van der Waals surface area contributed by atoms with E-state index in [-0.39, 0.29) is 12.2 Å². The van der Waals surface area contributed by atoms with Crippen LogP contribution in [0.3, 0.4) is 0 Å². The number of benzene rings is 1. The second kappa shape index (κ2) is 5.68. The van der Waals surface area contributed by atoms with Gasteiger partial charge in [-0.15, -0.1) is 0 Å². The molecule has 0 N–H and O–H groups in total. The number of hydrogen-bond donors (Lipinski definition) is 0. The van der Waals surface area contributed by atoms with Gasteiger partial charge in [-0.1, -0.05) is 11.6 Å². The van der Waals surface area contributed by atoms with E-state index in [1.54, 1.807) is 38.1 Å². The lowest BCUT2D eigenvalue weighted by atomic mass is 10.1. The maximum Gasteiger partial charge on any atom is 0.379 e. The van der Waals surface area contributed by atoms with Crippen LogP contribution < -0.4 is 4.90 Å². The predicted molar refractivity (Wildman–Crippen MR) is 66.7 cm³/mol. The highest BCUT2D eigenvalue weighted by atomic mass is 35.5. The highest BCUT2D eigenvalue weighted by molar-refractivity contribution is 6.41. The summed E-state index contributed by atoms with van der Waals surface area (Å²) in [4.78, 5) is 24.7. The lowest BCUT2D eigenvalue weighted by Crippen LogP contribution is -2.18. The maximum absolute atomic E-state index is 11.7. The molecule has 0 heterocycles. The van der Waals surface area contributed by atoms with E-state index < -0.39 is 11.8 Å². The van der Waals surface area contributed by atoms with Crippen molar-refractivity contribution >= 4 is 29.0 Å². The number of anilines is 1. The average Bonchev–Trinajstić information content (AvgIpc) is 2.28. The minimum Gasteiger partial charge on any atom is -0.460 e. The van der Waals surface area contributed by atoms with E-state index in [4.69, 9.17) is 11.6 Å². The first-order valence-corrected chi connectivity index (χ1v) is 5.53.